The van der Waals surface area contributed by atoms with Gasteiger partial charge in [0.25, 0.3) is 0 Å². The topological polar surface area (TPSA) is 96.6 Å². The Hall–Kier alpha value is -2.29. The number of benzene rings is 2. The molecule has 3 aromatic rings. The summed E-state index contributed by atoms with van der Waals surface area (Å²) in [6.07, 6.45) is 3.78. The van der Waals surface area contributed by atoms with E-state index in [-0.39, 0.29) is 11.3 Å². The van der Waals surface area contributed by atoms with Gasteiger partial charge in [0.05, 0.1) is 4.90 Å². The van der Waals surface area contributed by atoms with E-state index in [2.05, 4.69) is 4.72 Å². The number of hydrogen-bond donors (Lipinski definition) is 2. The molecule has 0 fully saturated rings. The number of aryl methyl sites for hydroxylation is 2. The molecule has 1 heterocycles. The molecule has 2 aromatic carbocycles. The first-order chi connectivity index (χ1) is 15.0. The van der Waals surface area contributed by atoms with Gasteiger partial charge in [0.2, 0.25) is 10.0 Å². The summed E-state index contributed by atoms with van der Waals surface area (Å²) in [7, 11) is -4.02. The predicted octanol–water partition coefficient (Wildman–Crippen LogP) is 4.37. The first kappa shape index (κ1) is 21.9. The summed E-state index contributed by atoms with van der Waals surface area (Å²) >= 11 is 1.58. The normalized spacial score (nSPS) is 15.0. The number of carbonyl (C=O) groups is 1. The number of furan rings is 1. The largest absolute Gasteiger partial charge is 0.480 e. The van der Waals surface area contributed by atoms with Crippen molar-refractivity contribution in [2.45, 2.75) is 48.8 Å². The van der Waals surface area contributed by atoms with Crippen LogP contribution in [-0.4, -0.2) is 31.3 Å². The third-order valence-electron chi connectivity index (χ3n) is 5.49. The molecular formula is C23H25NO5S2. The summed E-state index contributed by atoms with van der Waals surface area (Å²) in [4.78, 5) is 11.9. The Labute approximate surface area is 186 Å². The van der Waals surface area contributed by atoms with Crippen LogP contribution in [0.15, 0.2) is 57.8 Å². The van der Waals surface area contributed by atoms with Crippen LogP contribution in [0.25, 0.3) is 11.0 Å². The fraction of sp³-hybridized carbons (Fsp3) is 0.348. The van der Waals surface area contributed by atoms with E-state index in [0.717, 1.165) is 48.3 Å². The molecule has 4 rings (SSSR count). The van der Waals surface area contributed by atoms with Gasteiger partial charge < -0.3 is 9.52 Å². The minimum Gasteiger partial charge on any atom is -0.480 e. The minimum absolute atomic E-state index is 0.0973. The Morgan fingerprint density at radius 2 is 1.87 bits per heavy atom. The summed E-state index contributed by atoms with van der Waals surface area (Å²) in [6.45, 7) is 0. The number of aliphatic carboxylic acids is 1. The van der Waals surface area contributed by atoms with E-state index in [1.807, 2.05) is 30.3 Å². The fourth-order valence-electron chi connectivity index (χ4n) is 3.95. The molecule has 6 nitrogen and oxygen atoms in total. The SMILES string of the molecule is O=C(O)C(CCSCc1ccccc1)NS(=O)(=O)c1cccc2oc3c(c12)CCCC3. The van der Waals surface area contributed by atoms with E-state index in [1.165, 1.54) is 6.07 Å². The van der Waals surface area contributed by atoms with Crippen LogP contribution >= 0.6 is 11.8 Å². The van der Waals surface area contributed by atoms with Crippen molar-refractivity contribution in [1.82, 2.24) is 4.72 Å². The summed E-state index contributed by atoms with van der Waals surface area (Å²) in [5.41, 5.74) is 2.63. The van der Waals surface area contributed by atoms with Crippen LogP contribution < -0.4 is 4.72 Å². The molecule has 31 heavy (non-hydrogen) atoms. The second-order valence-corrected chi connectivity index (χ2v) is 10.5. The van der Waals surface area contributed by atoms with Crippen LogP contribution in [0, 0.1) is 0 Å². The van der Waals surface area contributed by atoms with Crippen LogP contribution in [0.1, 0.15) is 36.1 Å². The molecule has 0 aliphatic heterocycles. The van der Waals surface area contributed by atoms with Crippen molar-refractivity contribution in [3.05, 3.63) is 65.4 Å². The summed E-state index contributed by atoms with van der Waals surface area (Å²) in [5, 5.41) is 10.2. The molecule has 1 unspecified atom stereocenters. The van der Waals surface area contributed by atoms with E-state index in [4.69, 9.17) is 4.42 Å². The Kier molecular flexibility index (Phi) is 6.69. The molecule has 0 radical (unpaired) electrons. The number of fused-ring (bicyclic) bond motifs is 3. The smallest absolute Gasteiger partial charge is 0.321 e. The number of carboxylic acids is 1. The van der Waals surface area contributed by atoms with Gasteiger partial charge in [-0.05, 0) is 49.1 Å². The van der Waals surface area contributed by atoms with Crippen LogP contribution in [0.2, 0.25) is 0 Å². The zero-order chi connectivity index (χ0) is 21.8. The van der Waals surface area contributed by atoms with Gasteiger partial charge in [-0.2, -0.15) is 16.5 Å². The van der Waals surface area contributed by atoms with Crippen LogP contribution in [0.4, 0.5) is 0 Å². The van der Waals surface area contributed by atoms with Crippen molar-refractivity contribution in [1.29, 1.82) is 0 Å². The van der Waals surface area contributed by atoms with E-state index < -0.39 is 22.0 Å². The number of sulfonamides is 1. The van der Waals surface area contributed by atoms with Crippen LogP contribution in [0.5, 0.6) is 0 Å². The van der Waals surface area contributed by atoms with Gasteiger partial charge in [0.1, 0.15) is 17.4 Å². The maximum absolute atomic E-state index is 13.2. The second kappa shape index (κ2) is 9.46. The number of thioether (sulfide) groups is 1. The Morgan fingerprint density at radius 1 is 1.10 bits per heavy atom. The Balaban J connectivity index is 1.49. The molecule has 8 heteroatoms. The van der Waals surface area contributed by atoms with Crippen molar-refractivity contribution in [2.75, 3.05) is 5.75 Å². The van der Waals surface area contributed by atoms with E-state index in [1.54, 1.807) is 23.9 Å². The van der Waals surface area contributed by atoms with E-state index in [0.29, 0.717) is 16.7 Å². The first-order valence-corrected chi connectivity index (χ1v) is 13.0. The number of carboxylic acid groups (broad SMARTS) is 1. The molecule has 0 bridgehead atoms. The highest BCUT2D eigenvalue weighted by Crippen LogP contribution is 2.35. The molecule has 0 saturated carbocycles. The van der Waals surface area contributed by atoms with Gasteiger partial charge in [-0.15, -0.1) is 0 Å². The van der Waals surface area contributed by atoms with E-state index >= 15 is 0 Å². The highest BCUT2D eigenvalue weighted by molar-refractivity contribution is 7.98. The lowest BCUT2D eigenvalue weighted by Crippen LogP contribution is -2.41. The molecule has 1 atom stereocenters. The Bertz CT molecular complexity index is 1170. The maximum Gasteiger partial charge on any atom is 0.321 e. The molecule has 0 spiro atoms. The molecule has 0 saturated heterocycles. The van der Waals surface area contributed by atoms with Crippen molar-refractivity contribution in [3.8, 4) is 0 Å². The lowest BCUT2D eigenvalue weighted by Gasteiger charge is -2.16. The molecule has 1 aliphatic rings. The maximum atomic E-state index is 13.2. The van der Waals surface area contributed by atoms with Gasteiger partial charge in [-0.1, -0.05) is 36.4 Å². The molecule has 0 amide bonds. The van der Waals surface area contributed by atoms with Crippen LogP contribution in [-0.2, 0) is 33.4 Å². The Morgan fingerprint density at radius 3 is 2.65 bits per heavy atom. The highest BCUT2D eigenvalue weighted by atomic mass is 32.2. The van der Waals surface area contributed by atoms with Gasteiger partial charge in [0.15, 0.2) is 0 Å². The standard InChI is InChI=1S/C23H25NO5S2/c25-23(26)18(13-14-30-15-16-7-2-1-3-8-16)24-31(27,28)21-12-6-11-20-22(21)17-9-4-5-10-19(17)29-20/h1-3,6-8,11-12,18,24H,4-5,9-10,13-15H2,(H,25,26). The average molecular weight is 460 g/mol. The second-order valence-electron chi connectivity index (χ2n) is 7.68. The molecule has 2 N–H and O–H groups in total. The minimum atomic E-state index is -4.02. The number of rotatable bonds is 9. The summed E-state index contributed by atoms with van der Waals surface area (Å²) in [5.74, 6) is 0.946. The zero-order valence-electron chi connectivity index (χ0n) is 17.0. The van der Waals surface area contributed by atoms with Gasteiger partial charge in [0, 0.05) is 23.1 Å². The first-order valence-electron chi connectivity index (χ1n) is 10.4. The molecular weight excluding hydrogens is 434 g/mol. The summed E-state index contributed by atoms with van der Waals surface area (Å²) < 4.78 is 34.7. The molecule has 1 aromatic heterocycles. The van der Waals surface area contributed by atoms with Gasteiger partial charge in [-0.3, -0.25) is 4.79 Å². The lowest BCUT2D eigenvalue weighted by atomic mass is 9.96. The van der Waals surface area contributed by atoms with Crippen molar-refractivity contribution in [3.63, 3.8) is 0 Å². The van der Waals surface area contributed by atoms with Crippen molar-refractivity contribution in [2.24, 2.45) is 0 Å². The van der Waals surface area contributed by atoms with E-state index in [9.17, 15) is 18.3 Å². The average Bonchev–Trinajstić information content (AvgIpc) is 3.15. The predicted molar refractivity (Wildman–Crippen MR) is 122 cm³/mol. The third-order valence-corrected chi connectivity index (χ3v) is 8.06. The third kappa shape index (κ3) is 4.97. The summed E-state index contributed by atoms with van der Waals surface area (Å²) in [6, 6.07) is 13.6. The zero-order valence-corrected chi connectivity index (χ0v) is 18.7. The van der Waals surface area contributed by atoms with Gasteiger partial charge >= 0.3 is 5.97 Å². The van der Waals surface area contributed by atoms with Crippen molar-refractivity contribution >= 4 is 38.7 Å². The fourth-order valence-corrected chi connectivity index (χ4v) is 6.40. The quantitative estimate of drug-likeness (QED) is 0.461. The molecule has 1 aliphatic carbocycles. The molecule has 164 valence electrons. The highest BCUT2D eigenvalue weighted by Gasteiger charge is 2.29. The van der Waals surface area contributed by atoms with Crippen molar-refractivity contribution < 1.29 is 22.7 Å². The van der Waals surface area contributed by atoms with Crippen LogP contribution in [0.3, 0.4) is 0 Å². The lowest BCUT2D eigenvalue weighted by molar-refractivity contribution is -0.139. The number of nitrogens with one attached hydrogen (secondary N) is 1. The van der Waals surface area contributed by atoms with Gasteiger partial charge in [-0.25, -0.2) is 8.42 Å². The monoisotopic (exact) mass is 459 g/mol. The number of hydrogen-bond acceptors (Lipinski definition) is 5.